The maximum atomic E-state index is 9.11. The van der Waals surface area contributed by atoms with Crippen LogP contribution < -0.4 is 5.32 Å². The topological polar surface area (TPSA) is 32.3 Å². The van der Waals surface area contributed by atoms with E-state index in [1.165, 1.54) is 25.7 Å². The molecule has 3 atom stereocenters. The third-order valence-electron chi connectivity index (χ3n) is 2.86. The van der Waals surface area contributed by atoms with Crippen molar-refractivity contribution in [1.29, 1.82) is 0 Å². The Hall–Kier alpha value is -0.0800. The molecule has 1 fully saturated rings. The number of aliphatic hydroxyl groups is 1. The summed E-state index contributed by atoms with van der Waals surface area (Å²) in [7, 11) is 0. The number of rotatable bonds is 4. The maximum Gasteiger partial charge on any atom is 0.0636 e. The zero-order valence-corrected chi connectivity index (χ0v) is 8.21. The number of hydrogen-bond acceptors (Lipinski definition) is 2. The lowest BCUT2D eigenvalue weighted by Gasteiger charge is -2.20. The van der Waals surface area contributed by atoms with Gasteiger partial charge in [0.05, 0.1) is 6.10 Å². The quantitative estimate of drug-likeness (QED) is 0.672. The van der Waals surface area contributed by atoms with Crippen LogP contribution in [0.4, 0.5) is 0 Å². The summed E-state index contributed by atoms with van der Waals surface area (Å²) in [4.78, 5) is 0. The minimum atomic E-state index is -0.205. The fraction of sp³-hybridized carbons (Fsp3) is 1.00. The van der Waals surface area contributed by atoms with Crippen LogP contribution in [-0.2, 0) is 0 Å². The standard InChI is InChI=1S/C10H21NO/c1-3-9-5-4-6-10(9)11-7-8(2)12/h8-12H,3-7H2,1-2H3/t8-,9?,10?/m1/s1. The minimum absolute atomic E-state index is 0.205. The van der Waals surface area contributed by atoms with E-state index in [1.807, 2.05) is 6.92 Å². The molecule has 0 amide bonds. The lowest BCUT2D eigenvalue weighted by atomic mass is 10.0. The van der Waals surface area contributed by atoms with Crippen LogP contribution in [0.3, 0.4) is 0 Å². The van der Waals surface area contributed by atoms with Gasteiger partial charge in [-0.15, -0.1) is 0 Å². The zero-order valence-electron chi connectivity index (χ0n) is 8.21. The molecule has 0 aromatic rings. The molecule has 0 aromatic carbocycles. The van der Waals surface area contributed by atoms with Gasteiger partial charge in [0.2, 0.25) is 0 Å². The van der Waals surface area contributed by atoms with Crippen LogP contribution in [0.1, 0.15) is 39.5 Å². The molecule has 1 saturated carbocycles. The van der Waals surface area contributed by atoms with E-state index in [1.54, 1.807) is 0 Å². The summed E-state index contributed by atoms with van der Waals surface area (Å²) in [6.07, 6.45) is 5.09. The summed E-state index contributed by atoms with van der Waals surface area (Å²) in [5.41, 5.74) is 0. The minimum Gasteiger partial charge on any atom is -0.392 e. The Kier molecular flexibility index (Phi) is 4.02. The molecule has 0 saturated heterocycles. The van der Waals surface area contributed by atoms with Gasteiger partial charge in [0, 0.05) is 12.6 Å². The molecule has 2 unspecified atom stereocenters. The van der Waals surface area contributed by atoms with Crippen molar-refractivity contribution < 1.29 is 5.11 Å². The van der Waals surface area contributed by atoms with Crippen molar-refractivity contribution in [2.75, 3.05) is 6.54 Å². The Morgan fingerprint density at radius 2 is 2.25 bits per heavy atom. The van der Waals surface area contributed by atoms with Crippen molar-refractivity contribution >= 4 is 0 Å². The van der Waals surface area contributed by atoms with E-state index < -0.39 is 0 Å². The molecule has 72 valence electrons. The highest BCUT2D eigenvalue weighted by Gasteiger charge is 2.24. The molecule has 0 aliphatic heterocycles. The highest BCUT2D eigenvalue weighted by Crippen LogP contribution is 2.27. The average Bonchev–Trinajstić information content (AvgIpc) is 2.47. The monoisotopic (exact) mass is 171 g/mol. The maximum absolute atomic E-state index is 9.11. The predicted octanol–water partition coefficient (Wildman–Crippen LogP) is 1.54. The van der Waals surface area contributed by atoms with E-state index in [9.17, 15) is 0 Å². The first-order valence-electron chi connectivity index (χ1n) is 5.15. The first-order chi connectivity index (χ1) is 5.74. The molecular weight excluding hydrogens is 150 g/mol. The van der Waals surface area contributed by atoms with Crippen LogP contribution in [0.15, 0.2) is 0 Å². The molecule has 2 heteroatoms. The van der Waals surface area contributed by atoms with Crippen molar-refractivity contribution in [3.63, 3.8) is 0 Å². The first kappa shape index (κ1) is 10.0. The Morgan fingerprint density at radius 3 is 2.83 bits per heavy atom. The molecule has 12 heavy (non-hydrogen) atoms. The molecule has 0 aromatic heterocycles. The Labute approximate surface area is 75.4 Å². The van der Waals surface area contributed by atoms with Crippen molar-refractivity contribution in [3.05, 3.63) is 0 Å². The van der Waals surface area contributed by atoms with E-state index in [2.05, 4.69) is 12.2 Å². The Balaban J connectivity index is 2.21. The van der Waals surface area contributed by atoms with Gasteiger partial charge >= 0.3 is 0 Å². The fourth-order valence-corrected chi connectivity index (χ4v) is 2.12. The van der Waals surface area contributed by atoms with E-state index in [0.29, 0.717) is 6.04 Å². The summed E-state index contributed by atoms with van der Waals surface area (Å²) in [5, 5.41) is 12.5. The molecule has 2 nitrogen and oxygen atoms in total. The van der Waals surface area contributed by atoms with Gasteiger partial charge in [-0.1, -0.05) is 19.8 Å². The summed E-state index contributed by atoms with van der Waals surface area (Å²) < 4.78 is 0. The van der Waals surface area contributed by atoms with Crippen LogP contribution >= 0.6 is 0 Å². The van der Waals surface area contributed by atoms with Gasteiger partial charge in [-0.05, 0) is 25.7 Å². The third-order valence-corrected chi connectivity index (χ3v) is 2.86. The van der Waals surface area contributed by atoms with Crippen LogP contribution in [0.25, 0.3) is 0 Å². The lowest BCUT2D eigenvalue weighted by molar-refractivity contribution is 0.181. The van der Waals surface area contributed by atoms with Gasteiger partial charge in [0.25, 0.3) is 0 Å². The molecule has 1 rings (SSSR count). The Morgan fingerprint density at radius 1 is 1.50 bits per heavy atom. The normalized spacial score (nSPS) is 32.2. The molecule has 0 bridgehead atoms. The number of nitrogens with one attached hydrogen (secondary N) is 1. The third kappa shape index (κ3) is 2.76. The van der Waals surface area contributed by atoms with Crippen LogP contribution in [-0.4, -0.2) is 23.8 Å². The lowest BCUT2D eigenvalue weighted by Crippen LogP contribution is -2.36. The van der Waals surface area contributed by atoms with Gasteiger partial charge < -0.3 is 10.4 Å². The predicted molar refractivity (Wildman–Crippen MR) is 51.1 cm³/mol. The van der Waals surface area contributed by atoms with Crippen LogP contribution in [0, 0.1) is 5.92 Å². The SMILES string of the molecule is CCC1CCCC1NC[C@@H](C)O. The van der Waals surface area contributed by atoms with Crippen molar-refractivity contribution in [1.82, 2.24) is 5.32 Å². The van der Waals surface area contributed by atoms with Crippen molar-refractivity contribution in [2.45, 2.75) is 51.7 Å². The highest BCUT2D eigenvalue weighted by molar-refractivity contribution is 4.82. The van der Waals surface area contributed by atoms with Crippen molar-refractivity contribution in [2.24, 2.45) is 5.92 Å². The van der Waals surface area contributed by atoms with Gasteiger partial charge in [-0.3, -0.25) is 0 Å². The van der Waals surface area contributed by atoms with E-state index >= 15 is 0 Å². The molecule has 1 aliphatic carbocycles. The smallest absolute Gasteiger partial charge is 0.0636 e. The molecule has 0 spiro atoms. The van der Waals surface area contributed by atoms with Gasteiger partial charge in [0.1, 0.15) is 0 Å². The van der Waals surface area contributed by atoms with E-state index in [0.717, 1.165) is 12.5 Å². The number of aliphatic hydroxyl groups excluding tert-OH is 1. The Bertz CT molecular complexity index is 125. The summed E-state index contributed by atoms with van der Waals surface area (Å²) >= 11 is 0. The summed E-state index contributed by atoms with van der Waals surface area (Å²) in [6.45, 7) is 4.84. The van der Waals surface area contributed by atoms with Crippen LogP contribution in [0.2, 0.25) is 0 Å². The fourth-order valence-electron chi connectivity index (χ4n) is 2.12. The molecule has 1 aliphatic rings. The van der Waals surface area contributed by atoms with Crippen molar-refractivity contribution in [3.8, 4) is 0 Å². The second kappa shape index (κ2) is 4.83. The zero-order chi connectivity index (χ0) is 8.97. The van der Waals surface area contributed by atoms with Gasteiger partial charge in [0.15, 0.2) is 0 Å². The molecule has 2 N–H and O–H groups in total. The molecular formula is C10H21NO. The second-order valence-corrected chi connectivity index (χ2v) is 3.96. The van der Waals surface area contributed by atoms with Gasteiger partial charge in [-0.25, -0.2) is 0 Å². The molecule has 0 radical (unpaired) electrons. The largest absolute Gasteiger partial charge is 0.392 e. The average molecular weight is 171 g/mol. The summed E-state index contributed by atoms with van der Waals surface area (Å²) in [5.74, 6) is 0.851. The first-order valence-corrected chi connectivity index (χ1v) is 5.15. The summed E-state index contributed by atoms with van der Waals surface area (Å²) in [6, 6.07) is 0.671. The number of hydrogen-bond donors (Lipinski definition) is 2. The van der Waals surface area contributed by atoms with E-state index in [-0.39, 0.29) is 6.10 Å². The van der Waals surface area contributed by atoms with Crippen LogP contribution in [0.5, 0.6) is 0 Å². The van der Waals surface area contributed by atoms with E-state index in [4.69, 9.17) is 5.11 Å². The second-order valence-electron chi connectivity index (χ2n) is 3.96. The molecule has 0 heterocycles. The highest BCUT2D eigenvalue weighted by atomic mass is 16.3. The van der Waals surface area contributed by atoms with Gasteiger partial charge in [-0.2, -0.15) is 0 Å².